The third-order valence-corrected chi connectivity index (χ3v) is 4.51. The summed E-state index contributed by atoms with van der Waals surface area (Å²) in [5.74, 6) is -0.863. The Kier molecular flexibility index (Phi) is 6.76. The van der Waals surface area contributed by atoms with Crippen LogP contribution in [0.4, 0.5) is 10.5 Å². The molecule has 0 aliphatic heterocycles. The zero-order chi connectivity index (χ0) is 21.7. The molecule has 0 saturated heterocycles. The second kappa shape index (κ2) is 9.05. The number of benzene rings is 1. The average molecular weight is 399 g/mol. The first-order chi connectivity index (χ1) is 13.7. The van der Waals surface area contributed by atoms with Crippen molar-refractivity contribution in [2.45, 2.75) is 27.7 Å². The SMILES string of the molecule is CCNC(=O)c1ccc(C)c(NC(=N)c2[nH]cc(C(=O)N(CC)C(=O)O)c2C)c1. The van der Waals surface area contributed by atoms with E-state index in [1.165, 1.54) is 6.20 Å². The number of aryl methyl sites for hydroxylation is 1. The Balaban J connectivity index is 2.28. The first kappa shape index (κ1) is 21.7. The van der Waals surface area contributed by atoms with Gasteiger partial charge in [0.05, 0.1) is 11.3 Å². The summed E-state index contributed by atoms with van der Waals surface area (Å²) in [6.45, 7) is 7.42. The normalized spacial score (nSPS) is 10.3. The average Bonchev–Trinajstić information content (AvgIpc) is 3.05. The number of amides is 3. The lowest BCUT2D eigenvalue weighted by Crippen LogP contribution is -2.35. The van der Waals surface area contributed by atoms with Gasteiger partial charge >= 0.3 is 6.09 Å². The number of H-pyrrole nitrogens is 1. The van der Waals surface area contributed by atoms with E-state index in [4.69, 9.17) is 10.5 Å². The summed E-state index contributed by atoms with van der Waals surface area (Å²) in [7, 11) is 0. The molecule has 3 amide bonds. The summed E-state index contributed by atoms with van der Waals surface area (Å²) in [4.78, 5) is 39.3. The Morgan fingerprint density at radius 2 is 1.90 bits per heavy atom. The number of anilines is 1. The predicted octanol–water partition coefficient (Wildman–Crippen LogP) is 2.96. The number of aromatic nitrogens is 1. The molecule has 2 rings (SSSR count). The lowest BCUT2D eigenvalue weighted by Gasteiger charge is -2.15. The molecule has 1 aromatic heterocycles. The van der Waals surface area contributed by atoms with Crippen molar-refractivity contribution in [1.82, 2.24) is 15.2 Å². The fourth-order valence-electron chi connectivity index (χ4n) is 2.85. The number of carbonyl (C=O) groups is 3. The molecule has 0 unspecified atom stereocenters. The molecule has 29 heavy (non-hydrogen) atoms. The Hall–Kier alpha value is -3.62. The van der Waals surface area contributed by atoms with E-state index in [1.54, 1.807) is 32.0 Å². The Bertz CT molecular complexity index is 964. The van der Waals surface area contributed by atoms with Crippen LogP contribution in [0, 0.1) is 19.3 Å². The Morgan fingerprint density at radius 3 is 2.48 bits per heavy atom. The molecule has 0 radical (unpaired) electrons. The largest absolute Gasteiger partial charge is 0.465 e. The van der Waals surface area contributed by atoms with Gasteiger partial charge in [0.2, 0.25) is 0 Å². The second-order valence-electron chi connectivity index (χ2n) is 6.42. The van der Waals surface area contributed by atoms with Crippen LogP contribution in [0.15, 0.2) is 24.4 Å². The highest BCUT2D eigenvalue weighted by molar-refractivity contribution is 6.10. The highest BCUT2D eigenvalue weighted by Gasteiger charge is 2.25. The summed E-state index contributed by atoms with van der Waals surface area (Å²) in [6, 6.07) is 5.14. The van der Waals surface area contributed by atoms with Crippen molar-refractivity contribution in [3.05, 3.63) is 52.3 Å². The van der Waals surface area contributed by atoms with Crippen LogP contribution in [0.2, 0.25) is 0 Å². The number of hydrogen-bond acceptors (Lipinski definition) is 4. The Labute approximate surface area is 168 Å². The van der Waals surface area contributed by atoms with Crippen LogP contribution in [0.5, 0.6) is 0 Å². The number of imide groups is 1. The number of carbonyl (C=O) groups excluding carboxylic acids is 2. The highest BCUT2D eigenvalue weighted by atomic mass is 16.4. The van der Waals surface area contributed by atoms with Gasteiger partial charge in [-0.3, -0.25) is 15.0 Å². The van der Waals surface area contributed by atoms with Gasteiger partial charge in [-0.15, -0.1) is 0 Å². The molecule has 154 valence electrons. The van der Waals surface area contributed by atoms with Crippen molar-refractivity contribution in [2.24, 2.45) is 0 Å². The zero-order valence-corrected chi connectivity index (χ0v) is 16.8. The van der Waals surface area contributed by atoms with E-state index in [2.05, 4.69) is 15.6 Å². The van der Waals surface area contributed by atoms with Crippen molar-refractivity contribution in [1.29, 1.82) is 5.41 Å². The molecule has 0 fully saturated rings. The lowest BCUT2D eigenvalue weighted by molar-refractivity contribution is 0.0750. The minimum atomic E-state index is -1.33. The second-order valence-corrected chi connectivity index (χ2v) is 6.42. The fourth-order valence-corrected chi connectivity index (χ4v) is 2.85. The quantitative estimate of drug-likeness (QED) is 0.375. The van der Waals surface area contributed by atoms with E-state index < -0.39 is 12.0 Å². The van der Waals surface area contributed by atoms with Crippen LogP contribution in [0.25, 0.3) is 0 Å². The van der Waals surface area contributed by atoms with E-state index in [0.29, 0.717) is 34.0 Å². The van der Waals surface area contributed by atoms with Crippen LogP contribution in [-0.2, 0) is 0 Å². The Morgan fingerprint density at radius 1 is 1.21 bits per heavy atom. The molecule has 0 aliphatic rings. The third-order valence-electron chi connectivity index (χ3n) is 4.51. The van der Waals surface area contributed by atoms with Crippen molar-refractivity contribution in [3.8, 4) is 0 Å². The number of aromatic amines is 1. The number of rotatable bonds is 6. The molecule has 0 bridgehead atoms. The third kappa shape index (κ3) is 4.63. The van der Waals surface area contributed by atoms with E-state index in [0.717, 1.165) is 5.56 Å². The van der Waals surface area contributed by atoms with Gasteiger partial charge in [0.15, 0.2) is 0 Å². The van der Waals surface area contributed by atoms with Gasteiger partial charge in [-0.1, -0.05) is 6.07 Å². The number of hydrogen-bond donors (Lipinski definition) is 5. The van der Waals surface area contributed by atoms with Crippen molar-refractivity contribution < 1.29 is 19.5 Å². The molecule has 9 heteroatoms. The predicted molar refractivity (Wildman–Crippen MR) is 110 cm³/mol. The highest BCUT2D eigenvalue weighted by Crippen LogP contribution is 2.20. The molecular weight excluding hydrogens is 374 g/mol. The molecule has 9 nitrogen and oxygen atoms in total. The number of nitrogens with one attached hydrogen (secondary N) is 4. The summed E-state index contributed by atoms with van der Waals surface area (Å²) in [6.07, 6.45) is 0.0675. The van der Waals surface area contributed by atoms with Gasteiger partial charge in [0.25, 0.3) is 11.8 Å². The van der Waals surface area contributed by atoms with Crippen LogP contribution in [0.3, 0.4) is 0 Å². The van der Waals surface area contributed by atoms with E-state index >= 15 is 0 Å². The van der Waals surface area contributed by atoms with Crippen LogP contribution < -0.4 is 10.6 Å². The summed E-state index contributed by atoms with van der Waals surface area (Å²) in [5.41, 5.74) is 2.89. The van der Waals surface area contributed by atoms with Crippen LogP contribution in [0.1, 0.15) is 51.4 Å². The van der Waals surface area contributed by atoms with Gasteiger partial charge in [-0.2, -0.15) is 0 Å². The molecule has 0 aliphatic carbocycles. The maximum absolute atomic E-state index is 12.5. The molecule has 2 aromatic rings. The number of carboxylic acid groups (broad SMARTS) is 1. The molecule has 1 aromatic carbocycles. The first-order valence-electron chi connectivity index (χ1n) is 9.18. The van der Waals surface area contributed by atoms with Crippen LogP contribution in [-0.4, -0.2) is 51.8 Å². The van der Waals surface area contributed by atoms with Crippen molar-refractivity contribution in [3.63, 3.8) is 0 Å². The van der Waals surface area contributed by atoms with Gasteiger partial charge in [0, 0.05) is 30.5 Å². The summed E-state index contributed by atoms with van der Waals surface area (Å²) < 4.78 is 0. The topological polar surface area (TPSA) is 138 Å². The number of nitrogens with zero attached hydrogens (tertiary/aromatic N) is 1. The van der Waals surface area contributed by atoms with E-state index in [9.17, 15) is 14.4 Å². The van der Waals surface area contributed by atoms with Crippen molar-refractivity contribution >= 4 is 29.4 Å². The van der Waals surface area contributed by atoms with E-state index in [-0.39, 0.29) is 23.9 Å². The maximum atomic E-state index is 12.5. The van der Waals surface area contributed by atoms with Gasteiger partial charge < -0.3 is 20.7 Å². The minimum Gasteiger partial charge on any atom is -0.465 e. The fraction of sp³-hybridized carbons (Fsp3) is 0.300. The van der Waals surface area contributed by atoms with Crippen LogP contribution >= 0.6 is 0 Å². The van der Waals surface area contributed by atoms with Gasteiger partial charge in [-0.25, -0.2) is 9.69 Å². The number of amidine groups is 1. The van der Waals surface area contributed by atoms with Gasteiger partial charge in [0.1, 0.15) is 5.84 Å². The molecular formula is C20H25N5O4. The molecule has 5 N–H and O–H groups in total. The molecule has 0 atom stereocenters. The van der Waals surface area contributed by atoms with Gasteiger partial charge in [-0.05, 0) is 51.0 Å². The summed E-state index contributed by atoms with van der Waals surface area (Å²) in [5, 5.41) is 23.2. The summed E-state index contributed by atoms with van der Waals surface area (Å²) >= 11 is 0. The molecule has 0 saturated carbocycles. The monoisotopic (exact) mass is 399 g/mol. The van der Waals surface area contributed by atoms with Crippen molar-refractivity contribution in [2.75, 3.05) is 18.4 Å². The standard InChI is InChI=1S/C20H25N5O4/c1-5-22-18(26)13-8-7-11(3)15(9-13)24-17(21)16-12(4)14(10-23-16)19(27)25(6-2)20(28)29/h7-10,23H,5-6H2,1-4H3,(H2,21,24)(H,22,26)(H,28,29). The van der Waals surface area contributed by atoms with E-state index in [1.807, 2.05) is 13.8 Å². The zero-order valence-electron chi connectivity index (χ0n) is 16.8. The smallest absolute Gasteiger partial charge is 0.414 e. The minimum absolute atomic E-state index is 0.00364. The maximum Gasteiger partial charge on any atom is 0.414 e. The first-order valence-corrected chi connectivity index (χ1v) is 9.18. The lowest BCUT2D eigenvalue weighted by atomic mass is 10.1. The molecule has 1 heterocycles. The molecule has 0 spiro atoms.